The summed E-state index contributed by atoms with van der Waals surface area (Å²) >= 11 is 17.5. The first-order chi connectivity index (χ1) is 9.58. The van der Waals surface area contributed by atoms with Gasteiger partial charge in [0.25, 0.3) is 0 Å². The van der Waals surface area contributed by atoms with E-state index in [1.54, 1.807) is 0 Å². The third-order valence-corrected chi connectivity index (χ3v) is 3.33. The van der Waals surface area contributed by atoms with Gasteiger partial charge in [-0.05, 0) is 25.8 Å². The summed E-state index contributed by atoms with van der Waals surface area (Å²) in [4.78, 5) is 0. The number of hydrogen-bond acceptors (Lipinski definition) is 3. The van der Waals surface area contributed by atoms with Crippen LogP contribution in [0.3, 0.4) is 0 Å². The molecule has 1 aromatic rings. The molecule has 0 unspecified atom stereocenters. The molecule has 1 N–H and O–H groups in total. The van der Waals surface area contributed by atoms with Crippen LogP contribution in [-0.4, -0.2) is 24.2 Å². The van der Waals surface area contributed by atoms with Gasteiger partial charge in [0.2, 0.25) is 0 Å². The van der Waals surface area contributed by atoms with Crippen LogP contribution in [0, 0.1) is 0 Å². The van der Waals surface area contributed by atoms with Crippen molar-refractivity contribution in [1.29, 1.82) is 0 Å². The van der Waals surface area contributed by atoms with Gasteiger partial charge in [0.1, 0.15) is 11.5 Å². The summed E-state index contributed by atoms with van der Waals surface area (Å²) in [6.45, 7) is 2.95. The Morgan fingerprint density at radius 3 is 2.35 bits per heavy atom. The molecule has 0 aliphatic rings. The first-order valence-electron chi connectivity index (χ1n) is 6.23. The molecule has 0 bridgehead atoms. The maximum Gasteiger partial charge on any atom is 0.156 e. The summed E-state index contributed by atoms with van der Waals surface area (Å²) in [5, 5.41) is 9.89. The fourth-order valence-electron chi connectivity index (χ4n) is 1.47. The molecule has 0 spiro atoms. The number of aromatic hydroxyl groups is 1. The Bertz CT molecular complexity index is 438. The van der Waals surface area contributed by atoms with Crippen molar-refractivity contribution in [2.45, 2.75) is 19.8 Å². The summed E-state index contributed by atoms with van der Waals surface area (Å²) in [6.07, 6.45) is 3.48. The van der Waals surface area contributed by atoms with Crippen LogP contribution >= 0.6 is 34.8 Å². The van der Waals surface area contributed by atoms with E-state index in [1.807, 2.05) is 13.0 Å². The SMILES string of the molecule is CC=C(CCl)OCCCCOc1c(Cl)cc(O)cc1Cl. The molecule has 0 heterocycles. The Hall–Kier alpha value is -0.770. The molecule has 0 saturated carbocycles. The van der Waals surface area contributed by atoms with Crippen LogP contribution in [-0.2, 0) is 4.74 Å². The number of hydrogen-bond donors (Lipinski definition) is 1. The number of halogens is 3. The summed E-state index contributed by atoms with van der Waals surface area (Å²) in [6, 6.07) is 2.79. The molecule has 0 aliphatic heterocycles. The normalized spacial score (nSPS) is 11.5. The van der Waals surface area contributed by atoms with E-state index in [4.69, 9.17) is 44.3 Å². The van der Waals surface area contributed by atoms with Crippen LogP contribution < -0.4 is 4.74 Å². The zero-order valence-corrected chi connectivity index (χ0v) is 13.4. The van der Waals surface area contributed by atoms with Gasteiger partial charge in [-0.15, -0.1) is 11.6 Å². The van der Waals surface area contributed by atoms with Gasteiger partial charge in [0, 0.05) is 12.1 Å². The second-order valence-corrected chi connectivity index (χ2v) is 5.11. The van der Waals surface area contributed by atoms with Gasteiger partial charge in [-0.25, -0.2) is 0 Å². The second kappa shape index (κ2) is 9.22. The lowest BCUT2D eigenvalue weighted by Crippen LogP contribution is -2.02. The van der Waals surface area contributed by atoms with Gasteiger partial charge < -0.3 is 14.6 Å². The molecule has 3 nitrogen and oxygen atoms in total. The van der Waals surface area contributed by atoms with E-state index < -0.39 is 0 Å². The minimum absolute atomic E-state index is 0.0145. The van der Waals surface area contributed by atoms with E-state index >= 15 is 0 Å². The minimum atomic E-state index is 0.0145. The van der Waals surface area contributed by atoms with Crippen molar-refractivity contribution in [3.63, 3.8) is 0 Å². The number of benzene rings is 1. The molecule has 0 saturated heterocycles. The number of phenols is 1. The van der Waals surface area contributed by atoms with Crippen LogP contribution in [0.2, 0.25) is 10.0 Å². The van der Waals surface area contributed by atoms with Crippen molar-refractivity contribution < 1.29 is 14.6 Å². The van der Waals surface area contributed by atoms with Crippen LogP contribution in [0.4, 0.5) is 0 Å². The van der Waals surface area contributed by atoms with E-state index in [-0.39, 0.29) is 5.75 Å². The van der Waals surface area contributed by atoms with Crippen molar-refractivity contribution >= 4 is 34.8 Å². The highest BCUT2D eigenvalue weighted by atomic mass is 35.5. The molecule has 0 fully saturated rings. The lowest BCUT2D eigenvalue weighted by atomic mass is 10.3. The monoisotopic (exact) mass is 338 g/mol. The number of rotatable bonds is 8. The van der Waals surface area contributed by atoms with E-state index in [2.05, 4.69) is 0 Å². The zero-order chi connectivity index (χ0) is 15.0. The fourth-order valence-corrected chi connectivity index (χ4v) is 2.28. The molecular formula is C14H17Cl3O3. The van der Waals surface area contributed by atoms with Crippen molar-refractivity contribution in [2.75, 3.05) is 19.1 Å². The van der Waals surface area contributed by atoms with Crippen molar-refractivity contribution in [1.82, 2.24) is 0 Å². The average molecular weight is 340 g/mol. The topological polar surface area (TPSA) is 38.7 Å². The summed E-state index contributed by atoms with van der Waals surface area (Å²) in [7, 11) is 0. The van der Waals surface area contributed by atoms with Gasteiger partial charge >= 0.3 is 0 Å². The largest absolute Gasteiger partial charge is 0.508 e. The summed E-state index contributed by atoms with van der Waals surface area (Å²) in [5.41, 5.74) is 0. The molecule has 0 amide bonds. The highest BCUT2D eigenvalue weighted by molar-refractivity contribution is 6.37. The average Bonchev–Trinajstić information content (AvgIpc) is 2.40. The molecule has 0 atom stereocenters. The van der Waals surface area contributed by atoms with Crippen LogP contribution in [0.25, 0.3) is 0 Å². The van der Waals surface area contributed by atoms with E-state index in [1.165, 1.54) is 12.1 Å². The van der Waals surface area contributed by atoms with Gasteiger partial charge in [0.15, 0.2) is 5.75 Å². The number of ether oxygens (including phenoxy) is 2. The van der Waals surface area contributed by atoms with Crippen LogP contribution in [0.15, 0.2) is 24.0 Å². The molecule has 20 heavy (non-hydrogen) atoms. The highest BCUT2D eigenvalue weighted by Crippen LogP contribution is 2.36. The van der Waals surface area contributed by atoms with Gasteiger partial charge in [-0.2, -0.15) is 0 Å². The lowest BCUT2D eigenvalue weighted by Gasteiger charge is -2.11. The molecule has 112 valence electrons. The molecule has 0 aromatic heterocycles. The maximum atomic E-state index is 9.30. The van der Waals surface area contributed by atoms with Crippen molar-refractivity contribution in [3.05, 3.63) is 34.0 Å². The van der Waals surface area contributed by atoms with E-state index in [0.717, 1.165) is 18.6 Å². The van der Waals surface area contributed by atoms with Crippen molar-refractivity contribution in [3.8, 4) is 11.5 Å². The zero-order valence-electron chi connectivity index (χ0n) is 11.2. The second-order valence-electron chi connectivity index (χ2n) is 4.03. The van der Waals surface area contributed by atoms with Crippen LogP contribution in [0.1, 0.15) is 19.8 Å². The number of allylic oxidation sites excluding steroid dienone is 2. The molecule has 6 heteroatoms. The van der Waals surface area contributed by atoms with Crippen molar-refractivity contribution in [2.24, 2.45) is 0 Å². The highest BCUT2D eigenvalue weighted by Gasteiger charge is 2.09. The molecular weight excluding hydrogens is 323 g/mol. The Morgan fingerprint density at radius 1 is 1.20 bits per heavy atom. The first kappa shape index (κ1) is 17.3. The number of alkyl halides is 1. The third-order valence-electron chi connectivity index (χ3n) is 2.51. The number of phenolic OH excluding ortho intramolecular Hbond substituents is 1. The third kappa shape index (κ3) is 5.70. The Balaban J connectivity index is 2.28. The van der Waals surface area contributed by atoms with E-state index in [9.17, 15) is 5.11 Å². The fraction of sp³-hybridized carbons (Fsp3) is 0.429. The summed E-state index contributed by atoms with van der Waals surface area (Å²) < 4.78 is 11.0. The molecule has 0 radical (unpaired) electrons. The van der Waals surface area contributed by atoms with Gasteiger partial charge in [0.05, 0.1) is 29.1 Å². The van der Waals surface area contributed by atoms with Gasteiger partial charge in [-0.3, -0.25) is 0 Å². The molecule has 1 rings (SSSR count). The van der Waals surface area contributed by atoms with E-state index in [0.29, 0.717) is 34.9 Å². The Morgan fingerprint density at radius 2 is 1.80 bits per heavy atom. The smallest absolute Gasteiger partial charge is 0.156 e. The minimum Gasteiger partial charge on any atom is -0.508 e. The lowest BCUT2D eigenvalue weighted by molar-refractivity contribution is 0.198. The predicted molar refractivity (Wildman–Crippen MR) is 83.3 cm³/mol. The Labute approximate surface area is 134 Å². The van der Waals surface area contributed by atoms with Crippen LogP contribution in [0.5, 0.6) is 11.5 Å². The quantitative estimate of drug-likeness (QED) is 0.411. The number of unbranched alkanes of at least 4 members (excludes halogenated alkanes) is 1. The molecule has 1 aromatic carbocycles. The molecule has 0 aliphatic carbocycles. The maximum absolute atomic E-state index is 9.30. The predicted octanol–water partition coefficient (Wildman–Crippen LogP) is 5.02. The first-order valence-corrected chi connectivity index (χ1v) is 7.52. The van der Waals surface area contributed by atoms with Gasteiger partial charge in [-0.1, -0.05) is 23.2 Å². The summed E-state index contributed by atoms with van der Waals surface area (Å²) in [5.74, 6) is 1.56. The standard InChI is InChI=1S/C14H17Cl3O3/c1-2-11(9-15)19-5-3-4-6-20-14-12(16)7-10(18)8-13(14)17/h2,7-8,18H,3-6,9H2,1H3. The Kier molecular flexibility index (Phi) is 7.97.